The topological polar surface area (TPSA) is 20.3 Å². The lowest BCUT2D eigenvalue weighted by molar-refractivity contribution is 0.0768. The number of piperidine rings is 1. The van der Waals surface area contributed by atoms with Gasteiger partial charge in [-0.1, -0.05) is 78.9 Å². The van der Waals surface area contributed by atoms with Gasteiger partial charge in [-0.15, -0.1) is 0 Å². The zero-order valence-electron chi connectivity index (χ0n) is 17.3. The molecule has 148 valence electrons. The third-order valence-corrected chi connectivity index (χ3v) is 6.39. The van der Waals surface area contributed by atoms with Crippen molar-refractivity contribution in [2.45, 2.75) is 32.7 Å². The second-order valence-electron chi connectivity index (χ2n) is 8.24. The molecule has 3 aromatic rings. The van der Waals surface area contributed by atoms with E-state index in [1.165, 1.54) is 22.3 Å². The van der Waals surface area contributed by atoms with Crippen molar-refractivity contribution in [3.05, 3.63) is 107 Å². The van der Waals surface area contributed by atoms with Crippen LogP contribution in [0.4, 0.5) is 0 Å². The Morgan fingerprint density at radius 3 is 2.31 bits per heavy atom. The number of ketones is 1. The summed E-state index contributed by atoms with van der Waals surface area (Å²) >= 11 is 0. The Morgan fingerprint density at radius 1 is 0.897 bits per heavy atom. The van der Waals surface area contributed by atoms with Crippen molar-refractivity contribution in [1.29, 1.82) is 0 Å². The molecule has 29 heavy (non-hydrogen) atoms. The van der Waals surface area contributed by atoms with E-state index >= 15 is 0 Å². The number of aryl methyl sites for hydroxylation is 1. The molecule has 1 fully saturated rings. The first-order valence-electron chi connectivity index (χ1n) is 10.5. The average molecular weight is 384 g/mol. The van der Waals surface area contributed by atoms with Crippen molar-refractivity contribution in [3.63, 3.8) is 0 Å². The smallest absolute Gasteiger partial charge is 0.167 e. The molecule has 0 aromatic heterocycles. The summed E-state index contributed by atoms with van der Waals surface area (Å²) < 4.78 is 0. The highest BCUT2D eigenvalue weighted by Crippen LogP contribution is 2.37. The second kappa shape index (κ2) is 8.75. The second-order valence-corrected chi connectivity index (χ2v) is 8.24. The third-order valence-electron chi connectivity index (χ3n) is 6.39. The third kappa shape index (κ3) is 4.33. The van der Waals surface area contributed by atoms with E-state index in [1.807, 2.05) is 30.3 Å². The lowest BCUT2D eigenvalue weighted by atomic mass is 9.75. The molecule has 0 saturated carbocycles. The van der Waals surface area contributed by atoms with Crippen LogP contribution < -0.4 is 0 Å². The molecule has 1 aliphatic rings. The van der Waals surface area contributed by atoms with Gasteiger partial charge in [-0.25, -0.2) is 0 Å². The number of carbonyl (C=O) groups is 1. The Kier molecular flexibility index (Phi) is 5.92. The van der Waals surface area contributed by atoms with Crippen LogP contribution in [0.2, 0.25) is 0 Å². The fraction of sp³-hybridized carbons (Fsp3) is 0.296. The Bertz CT molecular complexity index is 964. The highest BCUT2D eigenvalue weighted by Gasteiger charge is 2.36. The first kappa shape index (κ1) is 19.6. The van der Waals surface area contributed by atoms with Gasteiger partial charge >= 0.3 is 0 Å². The lowest BCUT2D eigenvalue weighted by Crippen LogP contribution is -2.42. The summed E-state index contributed by atoms with van der Waals surface area (Å²) in [7, 11) is 0. The molecular formula is C27H29NO. The molecule has 1 heterocycles. The molecule has 0 bridgehead atoms. The van der Waals surface area contributed by atoms with E-state index in [0.717, 1.165) is 31.6 Å². The van der Waals surface area contributed by atoms with E-state index in [0.29, 0.717) is 0 Å². The Hall–Kier alpha value is -2.71. The van der Waals surface area contributed by atoms with Crippen molar-refractivity contribution >= 4 is 5.78 Å². The van der Waals surface area contributed by atoms with E-state index < -0.39 is 0 Å². The zero-order valence-corrected chi connectivity index (χ0v) is 17.3. The maximum Gasteiger partial charge on any atom is 0.167 e. The van der Waals surface area contributed by atoms with Crippen molar-refractivity contribution in [3.8, 4) is 0 Å². The summed E-state index contributed by atoms with van der Waals surface area (Å²) in [4.78, 5) is 16.0. The summed E-state index contributed by atoms with van der Waals surface area (Å²) in [5.74, 6) is 0.527. The molecule has 3 aromatic carbocycles. The van der Waals surface area contributed by atoms with Crippen molar-refractivity contribution < 1.29 is 4.79 Å². The monoisotopic (exact) mass is 383 g/mol. The molecule has 0 radical (unpaired) electrons. The van der Waals surface area contributed by atoms with Gasteiger partial charge in [0.2, 0.25) is 0 Å². The van der Waals surface area contributed by atoms with Crippen LogP contribution in [0.25, 0.3) is 0 Å². The van der Waals surface area contributed by atoms with Crippen molar-refractivity contribution in [1.82, 2.24) is 4.90 Å². The van der Waals surface area contributed by atoms with E-state index in [2.05, 4.69) is 67.3 Å². The van der Waals surface area contributed by atoms with Gasteiger partial charge in [0.05, 0.1) is 0 Å². The first-order chi connectivity index (χ1) is 14.1. The SMILES string of the molecule is Cc1cccc([C@H]2CCN(Cc3ccccc3)C[C@@H]2C(=O)c2ccccc2)c1C. The number of carbonyl (C=O) groups excluding carboxylic acids is 1. The number of likely N-dealkylation sites (tertiary alicyclic amines) is 1. The van der Waals surface area contributed by atoms with E-state index in [9.17, 15) is 4.79 Å². The number of rotatable bonds is 5. The first-order valence-corrected chi connectivity index (χ1v) is 10.5. The van der Waals surface area contributed by atoms with Gasteiger partial charge in [-0.3, -0.25) is 9.69 Å². The largest absolute Gasteiger partial charge is 0.298 e. The molecule has 1 saturated heterocycles. The molecule has 0 aliphatic carbocycles. The number of Topliss-reactive ketones (excluding diaryl/α,β-unsaturated/α-hetero) is 1. The number of hydrogen-bond donors (Lipinski definition) is 0. The maximum atomic E-state index is 13.6. The molecule has 1 aliphatic heterocycles. The van der Waals surface area contributed by atoms with E-state index in [4.69, 9.17) is 0 Å². The summed E-state index contributed by atoms with van der Waals surface area (Å²) in [5.41, 5.74) is 6.12. The molecule has 4 rings (SSSR count). The fourth-order valence-corrected chi connectivity index (χ4v) is 4.63. The minimum atomic E-state index is -0.0182. The molecule has 2 nitrogen and oxygen atoms in total. The van der Waals surface area contributed by atoms with Gasteiger partial charge in [0.25, 0.3) is 0 Å². The van der Waals surface area contributed by atoms with Crippen LogP contribution >= 0.6 is 0 Å². The molecule has 0 spiro atoms. The maximum absolute atomic E-state index is 13.6. The molecular weight excluding hydrogens is 354 g/mol. The normalized spacial score (nSPS) is 19.8. The van der Waals surface area contributed by atoms with Crippen LogP contribution in [-0.4, -0.2) is 23.8 Å². The summed E-state index contributed by atoms with van der Waals surface area (Å²) in [5, 5.41) is 0. The number of hydrogen-bond acceptors (Lipinski definition) is 2. The summed E-state index contributed by atoms with van der Waals surface area (Å²) in [6, 6.07) is 26.9. The number of benzene rings is 3. The Balaban J connectivity index is 1.64. The highest BCUT2D eigenvalue weighted by molar-refractivity contribution is 5.98. The molecule has 0 amide bonds. The van der Waals surface area contributed by atoms with Gasteiger partial charge in [-0.05, 0) is 55.0 Å². The standard InChI is InChI=1S/C27H29NO/c1-20-10-9-15-24(21(20)2)25-16-17-28(18-22-11-5-3-6-12-22)19-26(25)27(29)23-13-7-4-8-14-23/h3-15,25-26H,16-19H2,1-2H3/t25-,26+/m1/s1. The molecule has 0 N–H and O–H groups in total. The van der Waals surface area contributed by atoms with Crippen LogP contribution in [0.15, 0.2) is 78.9 Å². The van der Waals surface area contributed by atoms with Gasteiger partial charge in [-0.2, -0.15) is 0 Å². The lowest BCUT2D eigenvalue weighted by Gasteiger charge is -2.39. The minimum absolute atomic E-state index is 0.0182. The minimum Gasteiger partial charge on any atom is -0.298 e. The predicted molar refractivity (Wildman–Crippen MR) is 119 cm³/mol. The fourth-order valence-electron chi connectivity index (χ4n) is 4.63. The Labute approximate surface area is 174 Å². The number of nitrogens with zero attached hydrogens (tertiary/aromatic N) is 1. The average Bonchev–Trinajstić information content (AvgIpc) is 2.77. The van der Waals surface area contributed by atoms with Crippen LogP contribution in [0.5, 0.6) is 0 Å². The molecule has 2 heteroatoms. The van der Waals surface area contributed by atoms with Gasteiger partial charge < -0.3 is 0 Å². The van der Waals surface area contributed by atoms with Crippen molar-refractivity contribution in [2.75, 3.05) is 13.1 Å². The van der Waals surface area contributed by atoms with Crippen LogP contribution in [-0.2, 0) is 6.54 Å². The van der Waals surface area contributed by atoms with Crippen molar-refractivity contribution in [2.24, 2.45) is 5.92 Å². The van der Waals surface area contributed by atoms with E-state index in [-0.39, 0.29) is 17.6 Å². The highest BCUT2D eigenvalue weighted by atomic mass is 16.1. The predicted octanol–water partition coefficient (Wildman–Crippen LogP) is 5.79. The Morgan fingerprint density at radius 2 is 1.59 bits per heavy atom. The summed E-state index contributed by atoms with van der Waals surface area (Å²) in [6.45, 7) is 7.09. The molecule has 2 atom stereocenters. The van der Waals surface area contributed by atoms with Gasteiger partial charge in [0.1, 0.15) is 0 Å². The zero-order chi connectivity index (χ0) is 20.2. The quantitative estimate of drug-likeness (QED) is 0.520. The van der Waals surface area contributed by atoms with Gasteiger partial charge in [0, 0.05) is 24.6 Å². The van der Waals surface area contributed by atoms with Crippen LogP contribution in [0.3, 0.4) is 0 Å². The van der Waals surface area contributed by atoms with Gasteiger partial charge in [0.15, 0.2) is 5.78 Å². The molecule has 0 unspecified atom stereocenters. The summed E-state index contributed by atoms with van der Waals surface area (Å²) in [6.07, 6.45) is 1.01. The van der Waals surface area contributed by atoms with Crippen LogP contribution in [0, 0.1) is 19.8 Å². The van der Waals surface area contributed by atoms with Crippen LogP contribution in [0.1, 0.15) is 45.0 Å². The van der Waals surface area contributed by atoms with E-state index in [1.54, 1.807) is 0 Å².